The van der Waals surface area contributed by atoms with Crippen LogP contribution in [0.25, 0.3) is 11.0 Å². The number of nitrogens with one attached hydrogen (secondary N) is 2. The molecular weight excluding hydrogens is 468 g/mol. The maximum atomic E-state index is 13.0. The smallest absolute Gasteiger partial charge is 0.237 e. The van der Waals surface area contributed by atoms with Crippen LogP contribution in [0.5, 0.6) is 5.75 Å². The van der Waals surface area contributed by atoms with Gasteiger partial charge in [-0.25, -0.2) is 26.8 Å². The molecule has 1 aliphatic rings. The number of fused-ring (bicyclic) bond motifs is 1. The predicted molar refractivity (Wildman–Crippen MR) is 126 cm³/mol. The Balaban J connectivity index is 1.76. The van der Waals surface area contributed by atoms with E-state index in [-0.39, 0.29) is 30.4 Å². The highest BCUT2D eigenvalue weighted by molar-refractivity contribution is 7.97. The van der Waals surface area contributed by atoms with E-state index in [1.54, 1.807) is 42.5 Å². The highest BCUT2D eigenvalue weighted by Crippen LogP contribution is 2.31. The molecule has 4 rings (SSSR count). The SMILES string of the molecule is COc1ccc(CCO)c(Nc2nc3ccccc3nc2NS(=O)(=O)C2CCS(=O)(=O)C2)c1. The Labute approximate surface area is 192 Å². The monoisotopic (exact) mass is 492 g/mol. The van der Waals surface area contributed by atoms with Gasteiger partial charge in [-0.1, -0.05) is 18.2 Å². The molecule has 1 saturated heterocycles. The van der Waals surface area contributed by atoms with E-state index in [4.69, 9.17) is 4.74 Å². The van der Waals surface area contributed by atoms with E-state index in [2.05, 4.69) is 20.0 Å². The fourth-order valence-corrected chi connectivity index (χ4v) is 7.68. The van der Waals surface area contributed by atoms with E-state index in [1.807, 2.05) is 0 Å². The number of aliphatic hydroxyl groups excluding tert-OH is 1. The third-order valence-corrected chi connectivity index (χ3v) is 9.13. The number of sulfonamides is 1. The molecule has 0 bridgehead atoms. The van der Waals surface area contributed by atoms with E-state index in [0.29, 0.717) is 28.9 Å². The normalized spacial score (nSPS) is 17.7. The standard InChI is InChI=1S/C21H24N4O6S2/c1-31-15-7-6-14(8-10-26)19(12-15)24-20-21(23-18-5-3-2-4-17(18)22-20)25-33(29,30)16-9-11-32(27,28)13-16/h2-7,12,16,26H,8-11,13H2,1H3,(H,22,24)(H,23,25). The largest absolute Gasteiger partial charge is 0.497 e. The fraction of sp³-hybridized carbons (Fsp3) is 0.333. The van der Waals surface area contributed by atoms with Crippen LogP contribution in [0, 0.1) is 0 Å². The summed E-state index contributed by atoms with van der Waals surface area (Å²) in [6, 6.07) is 12.3. The van der Waals surface area contributed by atoms with Crippen LogP contribution in [0.3, 0.4) is 0 Å². The highest BCUT2D eigenvalue weighted by atomic mass is 32.2. The summed E-state index contributed by atoms with van der Waals surface area (Å²) in [4.78, 5) is 8.98. The predicted octanol–water partition coefficient (Wildman–Crippen LogP) is 1.85. The van der Waals surface area contributed by atoms with Crippen molar-refractivity contribution >= 4 is 48.2 Å². The molecule has 1 aromatic heterocycles. The molecule has 2 heterocycles. The van der Waals surface area contributed by atoms with Crippen molar-refractivity contribution in [3.8, 4) is 5.75 Å². The molecule has 10 nitrogen and oxygen atoms in total. The minimum absolute atomic E-state index is 0.0258. The lowest BCUT2D eigenvalue weighted by Gasteiger charge is -2.18. The van der Waals surface area contributed by atoms with Crippen LogP contribution < -0.4 is 14.8 Å². The van der Waals surface area contributed by atoms with Crippen molar-refractivity contribution in [2.45, 2.75) is 18.1 Å². The molecule has 33 heavy (non-hydrogen) atoms. The van der Waals surface area contributed by atoms with Crippen LogP contribution in [-0.4, -0.2) is 62.4 Å². The summed E-state index contributed by atoms with van der Waals surface area (Å²) in [5.41, 5.74) is 2.35. The Morgan fingerprint density at radius 2 is 1.82 bits per heavy atom. The minimum Gasteiger partial charge on any atom is -0.497 e. The zero-order valence-corrected chi connectivity index (χ0v) is 19.5. The molecule has 1 fully saturated rings. The van der Waals surface area contributed by atoms with E-state index < -0.39 is 30.9 Å². The number of sulfone groups is 1. The van der Waals surface area contributed by atoms with Crippen LogP contribution in [0.15, 0.2) is 42.5 Å². The average Bonchev–Trinajstić information content (AvgIpc) is 3.16. The van der Waals surface area contributed by atoms with Crippen LogP contribution in [0.2, 0.25) is 0 Å². The third-order valence-electron chi connectivity index (χ3n) is 5.39. The highest BCUT2D eigenvalue weighted by Gasteiger charge is 2.38. The Hall–Kier alpha value is -2.96. The van der Waals surface area contributed by atoms with Gasteiger partial charge in [-0.05, 0) is 36.6 Å². The first-order valence-corrected chi connectivity index (χ1v) is 13.6. The number of rotatable bonds is 8. The fourth-order valence-electron chi connectivity index (χ4n) is 3.65. The Bertz CT molecular complexity index is 1390. The number of methoxy groups -OCH3 is 1. The summed E-state index contributed by atoms with van der Waals surface area (Å²) in [6.45, 7) is -0.0833. The van der Waals surface area contributed by atoms with E-state index in [1.165, 1.54) is 7.11 Å². The number of hydrogen-bond acceptors (Lipinski definition) is 9. The summed E-state index contributed by atoms with van der Waals surface area (Å²) in [5, 5.41) is 11.5. The molecular formula is C21H24N4O6S2. The zero-order chi connectivity index (χ0) is 23.6. The lowest BCUT2D eigenvalue weighted by Crippen LogP contribution is -2.29. The second-order valence-corrected chi connectivity index (χ2v) is 11.9. The lowest BCUT2D eigenvalue weighted by molar-refractivity contribution is 0.299. The van der Waals surface area contributed by atoms with Crippen LogP contribution >= 0.6 is 0 Å². The van der Waals surface area contributed by atoms with Gasteiger partial charge in [0.05, 0.1) is 34.9 Å². The van der Waals surface area contributed by atoms with Crippen molar-refractivity contribution < 1.29 is 26.7 Å². The van der Waals surface area contributed by atoms with Gasteiger partial charge in [0.2, 0.25) is 10.0 Å². The summed E-state index contributed by atoms with van der Waals surface area (Å²) >= 11 is 0. The van der Waals surface area contributed by atoms with Gasteiger partial charge in [-0.2, -0.15) is 0 Å². The lowest BCUT2D eigenvalue weighted by atomic mass is 10.1. The minimum atomic E-state index is -4.04. The van der Waals surface area contributed by atoms with Crippen molar-refractivity contribution in [2.24, 2.45) is 0 Å². The van der Waals surface area contributed by atoms with Gasteiger partial charge < -0.3 is 15.2 Å². The number of ether oxygens (including phenoxy) is 1. The van der Waals surface area contributed by atoms with Gasteiger partial charge in [-0.3, -0.25) is 4.72 Å². The second kappa shape index (κ2) is 9.12. The molecule has 1 atom stereocenters. The number of para-hydroxylation sites is 2. The first kappa shape index (κ1) is 23.2. The molecule has 0 spiro atoms. The van der Waals surface area contributed by atoms with Gasteiger partial charge in [0.25, 0.3) is 0 Å². The van der Waals surface area contributed by atoms with E-state index >= 15 is 0 Å². The Kier molecular flexibility index (Phi) is 6.41. The maximum absolute atomic E-state index is 13.0. The van der Waals surface area contributed by atoms with Gasteiger partial charge in [0.15, 0.2) is 21.5 Å². The number of benzene rings is 2. The first-order chi connectivity index (χ1) is 15.7. The van der Waals surface area contributed by atoms with Crippen molar-refractivity contribution in [3.63, 3.8) is 0 Å². The number of anilines is 3. The average molecular weight is 493 g/mol. The van der Waals surface area contributed by atoms with Crippen molar-refractivity contribution in [3.05, 3.63) is 48.0 Å². The molecule has 0 radical (unpaired) electrons. The first-order valence-electron chi connectivity index (χ1n) is 10.2. The number of aliphatic hydroxyl groups is 1. The summed E-state index contributed by atoms with van der Waals surface area (Å²) < 4.78 is 57.3. The van der Waals surface area contributed by atoms with Gasteiger partial charge in [0, 0.05) is 18.4 Å². The molecule has 0 amide bonds. The molecule has 176 valence electrons. The van der Waals surface area contributed by atoms with Crippen LogP contribution in [0.1, 0.15) is 12.0 Å². The van der Waals surface area contributed by atoms with Crippen LogP contribution in [0.4, 0.5) is 17.3 Å². The summed E-state index contributed by atoms with van der Waals surface area (Å²) in [7, 11) is -5.91. The molecule has 3 aromatic rings. The van der Waals surface area contributed by atoms with Crippen LogP contribution in [-0.2, 0) is 26.3 Å². The quantitative estimate of drug-likeness (QED) is 0.428. The summed E-state index contributed by atoms with van der Waals surface area (Å²) in [6.07, 6.45) is 0.381. The summed E-state index contributed by atoms with van der Waals surface area (Å²) in [5.74, 6) is 0.0666. The Morgan fingerprint density at radius 3 is 2.42 bits per heavy atom. The van der Waals surface area contributed by atoms with Crippen molar-refractivity contribution in [2.75, 3.05) is 35.3 Å². The van der Waals surface area contributed by atoms with Gasteiger partial charge in [0.1, 0.15) is 5.75 Å². The molecule has 2 aromatic carbocycles. The molecule has 0 saturated carbocycles. The topological polar surface area (TPSA) is 148 Å². The van der Waals surface area contributed by atoms with Gasteiger partial charge >= 0.3 is 0 Å². The van der Waals surface area contributed by atoms with Crippen molar-refractivity contribution in [1.29, 1.82) is 0 Å². The molecule has 1 aliphatic heterocycles. The van der Waals surface area contributed by atoms with Gasteiger partial charge in [-0.15, -0.1) is 0 Å². The second-order valence-electron chi connectivity index (χ2n) is 7.70. The zero-order valence-electron chi connectivity index (χ0n) is 17.9. The number of hydrogen-bond donors (Lipinski definition) is 3. The number of aromatic nitrogens is 2. The molecule has 1 unspecified atom stereocenters. The molecule has 12 heteroatoms. The molecule has 3 N–H and O–H groups in total. The number of nitrogens with zero attached hydrogens (tertiary/aromatic N) is 2. The van der Waals surface area contributed by atoms with Crippen molar-refractivity contribution in [1.82, 2.24) is 9.97 Å². The van der Waals surface area contributed by atoms with E-state index in [9.17, 15) is 21.9 Å². The maximum Gasteiger partial charge on any atom is 0.237 e. The van der Waals surface area contributed by atoms with E-state index in [0.717, 1.165) is 5.56 Å². The third kappa shape index (κ3) is 5.18. The molecule has 0 aliphatic carbocycles. The Morgan fingerprint density at radius 1 is 1.12 bits per heavy atom.